The molecule has 2 N–H and O–H groups in total. The second-order valence-electron chi connectivity index (χ2n) is 5.67. The zero-order valence-electron chi connectivity index (χ0n) is 12.4. The first kappa shape index (κ1) is 16.0. The number of rotatable bonds is 3. The largest absolute Gasteiger partial charge is 0.334 e. The fourth-order valence-electron chi connectivity index (χ4n) is 2.91. The van der Waals surface area contributed by atoms with Crippen molar-refractivity contribution in [3.8, 4) is 0 Å². The van der Waals surface area contributed by atoms with E-state index in [0.717, 1.165) is 11.1 Å². The molecule has 1 saturated heterocycles. The minimum Gasteiger partial charge on any atom is -0.334 e. The summed E-state index contributed by atoms with van der Waals surface area (Å²) in [6.45, 7) is 0.657. The number of halogens is 2. The van der Waals surface area contributed by atoms with Crippen LogP contribution >= 0.6 is 11.3 Å². The Labute approximate surface area is 136 Å². The highest BCUT2D eigenvalue weighted by Gasteiger charge is 2.31. The molecule has 0 saturated carbocycles. The van der Waals surface area contributed by atoms with Gasteiger partial charge in [0.25, 0.3) is 0 Å². The van der Waals surface area contributed by atoms with E-state index in [-0.39, 0.29) is 11.8 Å². The average Bonchev–Trinajstić information content (AvgIpc) is 3.00. The topological polar surface area (TPSA) is 59.2 Å². The van der Waals surface area contributed by atoms with Gasteiger partial charge in [0.1, 0.15) is 5.01 Å². The lowest BCUT2D eigenvalue weighted by Gasteiger charge is -2.25. The predicted octanol–water partition coefficient (Wildman–Crippen LogP) is 2.65. The SMILES string of the molecule is NC1CCC(c2cccc(F)c2F)CN(Cc2nccs2)C1=O. The summed E-state index contributed by atoms with van der Waals surface area (Å²) in [4.78, 5) is 18.2. The van der Waals surface area contributed by atoms with Crippen molar-refractivity contribution in [2.45, 2.75) is 31.3 Å². The Balaban J connectivity index is 1.87. The molecule has 7 heteroatoms. The van der Waals surface area contributed by atoms with E-state index in [1.54, 1.807) is 17.2 Å². The van der Waals surface area contributed by atoms with Crippen LogP contribution < -0.4 is 5.73 Å². The molecule has 1 aromatic heterocycles. The van der Waals surface area contributed by atoms with Gasteiger partial charge >= 0.3 is 0 Å². The second kappa shape index (κ2) is 6.72. The van der Waals surface area contributed by atoms with Crippen molar-refractivity contribution in [1.29, 1.82) is 0 Å². The van der Waals surface area contributed by atoms with Crippen molar-refractivity contribution in [3.05, 3.63) is 52.0 Å². The molecule has 3 rings (SSSR count). The number of aromatic nitrogens is 1. The van der Waals surface area contributed by atoms with Gasteiger partial charge in [0.15, 0.2) is 11.6 Å². The Kier molecular flexibility index (Phi) is 4.68. The maximum atomic E-state index is 14.1. The van der Waals surface area contributed by atoms with Crippen molar-refractivity contribution in [1.82, 2.24) is 9.88 Å². The van der Waals surface area contributed by atoms with Gasteiger partial charge in [0, 0.05) is 24.0 Å². The Morgan fingerprint density at radius 1 is 1.35 bits per heavy atom. The van der Waals surface area contributed by atoms with Crippen LogP contribution in [0.15, 0.2) is 29.8 Å². The van der Waals surface area contributed by atoms with Gasteiger partial charge < -0.3 is 10.6 Å². The highest BCUT2D eigenvalue weighted by Crippen LogP contribution is 2.30. The Bertz CT molecular complexity index is 693. The highest BCUT2D eigenvalue weighted by atomic mass is 32.1. The van der Waals surface area contributed by atoms with Gasteiger partial charge in [-0.3, -0.25) is 4.79 Å². The van der Waals surface area contributed by atoms with E-state index >= 15 is 0 Å². The van der Waals surface area contributed by atoms with Crippen molar-refractivity contribution in [2.24, 2.45) is 5.73 Å². The van der Waals surface area contributed by atoms with E-state index in [4.69, 9.17) is 5.73 Å². The minimum atomic E-state index is -0.867. The van der Waals surface area contributed by atoms with E-state index < -0.39 is 17.7 Å². The van der Waals surface area contributed by atoms with Crippen LogP contribution in [0.3, 0.4) is 0 Å². The maximum Gasteiger partial charge on any atom is 0.239 e. The van der Waals surface area contributed by atoms with Crippen LogP contribution in [0.5, 0.6) is 0 Å². The molecule has 0 spiro atoms. The van der Waals surface area contributed by atoms with E-state index in [1.165, 1.54) is 17.4 Å². The molecule has 23 heavy (non-hydrogen) atoms. The molecule has 1 aromatic carbocycles. The fourth-order valence-corrected chi connectivity index (χ4v) is 3.54. The van der Waals surface area contributed by atoms with E-state index in [0.29, 0.717) is 31.5 Å². The zero-order chi connectivity index (χ0) is 16.4. The second-order valence-corrected chi connectivity index (χ2v) is 6.65. The van der Waals surface area contributed by atoms with E-state index in [9.17, 15) is 13.6 Å². The van der Waals surface area contributed by atoms with Crippen LogP contribution in [-0.2, 0) is 11.3 Å². The predicted molar refractivity (Wildman–Crippen MR) is 83.8 cm³/mol. The Hall–Kier alpha value is -1.86. The standard InChI is InChI=1S/C16H17F2N3OS/c17-12-3-1-2-11(15(12)18)10-4-5-13(19)16(22)21(8-10)9-14-20-6-7-23-14/h1-3,6-7,10,13H,4-5,8-9,19H2. The number of hydrogen-bond acceptors (Lipinski definition) is 4. The van der Waals surface area contributed by atoms with Crippen LogP contribution in [0.4, 0.5) is 8.78 Å². The molecule has 2 aromatic rings. The summed E-state index contributed by atoms with van der Waals surface area (Å²) in [5.74, 6) is -2.15. The summed E-state index contributed by atoms with van der Waals surface area (Å²) in [5.41, 5.74) is 6.23. The number of nitrogens with two attached hydrogens (primary N) is 1. The maximum absolute atomic E-state index is 14.1. The molecule has 1 aliphatic rings. The van der Waals surface area contributed by atoms with E-state index in [1.807, 2.05) is 5.38 Å². The molecule has 2 heterocycles. The number of hydrogen-bond donors (Lipinski definition) is 1. The molecule has 2 atom stereocenters. The quantitative estimate of drug-likeness (QED) is 0.937. The summed E-state index contributed by atoms with van der Waals surface area (Å²) in [7, 11) is 0. The lowest BCUT2D eigenvalue weighted by Crippen LogP contribution is -2.42. The summed E-state index contributed by atoms with van der Waals surface area (Å²) in [6.07, 6.45) is 2.67. The van der Waals surface area contributed by atoms with Crippen LogP contribution in [-0.4, -0.2) is 28.4 Å². The molecule has 0 bridgehead atoms. The summed E-state index contributed by atoms with van der Waals surface area (Å²) >= 11 is 1.45. The smallest absolute Gasteiger partial charge is 0.239 e. The van der Waals surface area contributed by atoms with Gasteiger partial charge in [-0.25, -0.2) is 13.8 Å². The monoisotopic (exact) mass is 337 g/mol. The summed E-state index contributed by atoms with van der Waals surface area (Å²) in [6, 6.07) is 3.55. The molecule has 4 nitrogen and oxygen atoms in total. The van der Waals surface area contributed by atoms with Gasteiger partial charge in [-0.2, -0.15) is 0 Å². The normalized spacial score (nSPS) is 22.2. The summed E-state index contributed by atoms with van der Waals surface area (Å²) < 4.78 is 27.6. The molecule has 1 amide bonds. The number of nitrogens with zero attached hydrogens (tertiary/aromatic N) is 2. The molecule has 0 aliphatic carbocycles. The number of benzene rings is 1. The first-order valence-electron chi connectivity index (χ1n) is 7.43. The molecular formula is C16H17F2N3OS. The first-order chi connectivity index (χ1) is 11.1. The number of amides is 1. The molecule has 1 aliphatic heterocycles. The zero-order valence-corrected chi connectivity index (χ0v) is 13.2. The molecule has 2 unspecified atom stereocenters. The highest BCUT2D eigenvalue weighted by molar-refractivity contribution is 7.09. The fraction of sp³-hybridized carbons (Fsp3) is 0.375. The van der Waals surface area contributed by atoms with E-state index in [2.05, 4.69) is 4.98 Å². The number of carbonyl (C=O) groups is 1. The van der Waals surface area contributed by atoms with Crippen molar-refractivity contribution < 1.29 is 13.6 Å². The first-order valence-corrected chi connectivity index (χ1v) is 8.31. The number of carbonyl (C=O) groups excluding carboxylic acids is 1. The lowest BCUT2D eigenvalue weighted by molar-refractivity contribution is -0.132. The van der Waals surface area contributed by atoms with Crippen molar-refractivity contribution in [2.75, 3.05) is 6.54 Å². The summed E-state index contributed by atoms with van der Waals surface area (Å²) in [5, 5.41) is 2.63. The number of likely N-dealkylation sites (tertiary alicyclic amines) is 1. The third-order valence-electron chi connectivity index (χ3n) is 4.13. The van der Waals surface area contributed by atoms with Gasteiger partial charge in [-0.05, 0) is 24.5 Å². The Morgan fingerprint density at radius 3 is 2.91 bits per heavy atom. The van der Waals surface area contributed by atoms with Gasteiger partial charge in [0.2, 0.25) is 5.91 Å². The third kappa shape index (κ3) is 3.40. The lowest BCUT2D eigenvalue weighted by atomic mass is 9.93. The van der Waals surface area contributed by atoms with Gasteiger partial charge in [0.05, 0.1) is 12.6 Å². The van der Waals surface area contributed by atoms with Crippen molar-refractivity contribution in [3.63, 3.8) is 0 Å². The molecule has 1 fully saturated rings. The third-order valence-corrected chi connectivity index (χ3v) is 4.89. The molecule has 0 radical (unpaired) electrons. The van der Waals surface area contributed by atoms with Crippen LogP contribution in [0, 0.1) is 11.6 Å². The van der Waals surface area contributed by atoms with Crippen molar-refractivity contribution >= 4 is 17.2 Å². The van der Waals surface area contributed by atoms with Crippen LogP contribution in [0.2, 0.25) is 0 Å². The van der Waals surface area contributed by atoms with Gasteiger partial charge in [-0.15, -0.1) is 11.3 Å². The minimum absolute atomic E-state index is 0.167. The average molecular weight is 337 g/mol. The van der Waals surface area contributed by atoms with Crippen LogP contribution in [0.1, 0.15) is 29.3 Å². The number of thiazole rings is 1. The van der Waals surface area contributed by atoms with Crippen LogP contribution in [0.25, 0.3) is 0 Å². The Morgan fingerprint density at radius 2 is 2.17 bits per heavy atom. The molecular weight excluding hydrogens is 320 g/mol. The van der Waals surface area contributed by atoms with Gasteiger partial charge in [-0.1, -0.05) is 12.1 Å². The molecule has 122 valence electrons.